The van der Waals surface area contributed by atoms with Crippen LogP contribution < -0.4 is 11.6 Å². The topological polar surface area (TPSA) is 73.6 Å². The van der Waals surface area contributed by atoms with Gasteiger partial charge >= 0.3 is 0 Å². The van der Waals surface area contributed by atoms with Crippen LogP contribution in [0.4, 0.5) is 0 Å². The van der Waals surface area contributed by atoms with E-state index in [1.165, 1.54) is 11.8 Å². The summed E-state index contributed by atoms with van der Waals surface area (Å²) < 4.78 is 5.58. The largest absolute Gasteiger partial charge is 0.377 e. The monoisotopic (exact) mass is 189 g/mol. The first-order valence-corrected chi connectivity index (χ1v) is 5.02. The van der Waals surface area contributed by atoms with E-state index >= 15 is 0 Å². The lowest BCUT2D eigenvalue weighted by molar-refractivity contribution is 0.0701. The van der Waals surface area contributed by atoms with Gasteiger partial charge in [-0.3, -0.25) is 0 Å². The number of hydrogen-bond acceptors (Lipinski definition) is 4. The number of thioether (sulfide) groups is 1. The number of ether oxygens (including phenoxy) is 1. The Bertz CT molecular complexity index is 174. The molecule has 0 spiro atoms. The Morgan fingerprint density at radius 2 is 2.42 bits per heavy atom. The van der Waals surface area contributed by atoms with Crippen LogP contribution in [-0.2, 0) is 4.74 Å². The minimum atomic E-state index is 0.324. The lowest BCUT2D eigenvalue weighted by atomic mass is 10.2. The second-order valence-corrected chi connectivity index (χ2v) is 3.96. The van der Waals surface area contributed by atoms with Crippen molar-refractivity contribution in [1.29, 1.82) is 0 Å². The molecule has 70 valence electrons. The molecule has 0 bridgehead atoms. The zero-order valence-corrected chi connectivity index (χ0v) is 8.01. The molecule has 2 atom stereocenters. The molecular weight excluding hydrogens is 174 g/mol. The van der Waals surface area contributed by atoms with Crippen LogP contribution in [0.25, 0.3) is 0 Å². The molecule has 1 aliphatic heterocycles. The first kappa shape index (κ1) is 9.67. The normalized spacial score (nSPS) is 30.9. The van der Waals surface area contributed by atoms with Gasteiger partial charge in [0.2, 0.25) is 0 Å². The molecule has 0 aromatic carbocycles. The molecule has 1 heterocycles. The maximum absolute atomic E-state index is 5.58. The Kier molecular flexibility index (Phi) is 3.68. The molecule has 2 unspecified atom stereocenters. The van der Waals surface area contributed by atoms with Crippen LogP contribution in [0.1, 0.15) is 19.8 Å². The molecule has 0 aromatic heterocycles. The summed E-state index contributed by atoms with van der Waals surface area (Å²) in [5.41, 5.74) is 5.42. The maximum atomic E-state index is 5.58. The molecule has 4 N–H and O–H groups in total. The van der Waals surface area contributed by atoms with Crippen LogP contribution >= 0.6 is 11.8 Å². The van der Waals surface area contributed by atoms with Crippen LogP contribution in [-0.4, -0.2) is 23.1 Å². The van der Waals surface area contributed by atoms with Gasteiger partial charge in [-0.05, 0) is 19.8 Å². The highest BCUT2D eigenvalue weighted by molar-refractivity contribution is 8.13. The van der Waals surface area contributed by atoms with E-state index in [2.05, 4.69) is 12.0 Å². The molecule has 0 saturated carbocycles. The van der Waals surface area contributed by atoms with E-state index in [1.807, 2.05) is 0 Å². The Morgan fingerprint density at radius 3 is 2.92 bits per heavy atom. The van der Waals surface area contributed by atoms with E-state index in [4.69, 9.17) is 16.3 Å². The van der Waals surface area contributed by atoms with Crippen molar-refractivity contribution in [2.45, 2.75) is 32.0 Å². The molecule has 0 aromatic rings. The summed E-state index contributed by atoms with van der Waals surface area (Å²) in [6.07, 6.45) is 2.98. The van der Waals surface area contributed by atoms with Crippen LogP contribution in [0.5, 0.6) is 0 Å². The smallest absolute Gasteiger partial charge is 0.177 e. The number of nitrogens with zero attached hydrogens (tertiary/aromatic N) is 1. The third-order valence-corrected chi connectivity index (χ3v) is 2.80. The fraction of sp³-hybridized carbons (Fsp3) is 0.857. The Hall–Kier alpha value is -0.420. The highest BCUT2D eigenvalue weighted by Crippen LogP contribution is 2.21. The lowest BCUT2D eigenvalue weighted by Gasteiger charge is -2.09. The summed E-state index contributed by atoms with van der Waals surface area (Å²) in [6.45, 7) is 2.09. The van der Waals surface area contributed by atoms with E-state index in [0.717, 1.165) is 18.6 Å². The van der Waals surface area contributed by atoms with Crippen molar-refractivity contribution in [3.63, 3.8) is 0 Å². The summed E-state index contributed by atoms with van der Waals surface area (Å²) in [5.74, 6) is 5.84. The van der Waals surface area contributed by atoms with Gasteiger partial charge in [-0.2, -0.15) is 5.10 Å². The average Bonchev–Trinajstić information content (AvgIpc) is 2.47. The van der Waals surface area contributed by atoms with Gasteiger partial charge in [-0.15, -0.1) is 0 Å². The van der Waals surface area contributed by atoms with Crippen molar-refractivity contribution in [3.05, 3.63) is 0 Å². The number of nitrogens with two attached hydrogens (primary N) is 2. The molecule has 1 fully saturated rings. The zero-order valence-electron chi connectivity index (χ0n) is 7.19. The van der Waals surface area contributed by atoms with Crippen molar-refractivity contribution in [2.24, 2.45) is 16.7 Å². The quantitative estimate of drug-likeness (QED) is 0.287. The number of amidine groups is 1. The van der Waals surface area contributed by atoms with Crippen molar-refractivity contribution in [2.75, 3.05) is 5.75 Å². The molecule has 0 aliphatic carbocycles. The van der Waals surface area contributed by atoms with Gasteiger partial charge in [0.1, 0.15) is 0 Å². The molecule has 1 saturated heterocycles. The van der Waals surface area contributed by atoms with Crippen molar-refractivity contribution in [3.8, 4) is 0 Å². The van der Waals surface area contributed by atoms with Gasteiger partial charge in [0.15, 0.2) is 5.17 Å². The van der Waals surface area contributed by atoms with Crippen LogP contribution in [0.15, 0.2) is 5.10 Å². The summed E-state index contributed by atoms with van der Waals surface area (Å²) in [5, 5.41) is 3.80. The molecule has 4 nitrogen and oxygen atoms in total. The molecule has 1 aliphatic rings. The third-order valence-electron chi connectivity index (χ3n) is 1.86. The predicted octanol–water partition coefficient (Wildman–Crippen LogP) is 0.476. The molecular formula is C7H15N3OS. The summed E-state index contributed by atoms with van der Waals surface area (Å²) in [7, 11) is 0. The lowest BCUT2D eigenvalue weighted by Crippen LogP contribution is -2.16. The van der Waals surface area contributed by atoms with E-state index in [9.17, 15) is 0 Å². The van der Waals surface area contributed by atoms with Gasteiger partial charge in [0.05, 0.1) is 12.2 Å². The van der Waals surface area contributed by atoms with Crippen LogP contribution in [0.2, 0.25) is 0 Å². The molecule has 0 amide bonds. The Morgan fingerprint density at radius 1 is 1.67 bits per heavy atom. The van der Waals surface area contributed by atoms with Crippen molar-refractivity contribution < 1.29 is 4.74 Å². The fourth-order valence-corrected chi connectivity index (χ4v) is 1.90. The van der Waals surface area contributed by atoms with Crippen molar-refractivity contribution >= 4 is 16.9 Å². The van der Waals surface area contributed by atoms with Gasteiger partial charge in [-0.25, -0.2) is 0 Å². The first-order valence-electron chi connectivity index (χ1n) is 4.04. The first-order chi connectivity index (χ1) is 5.72. The standard InChI is InChI=1S/C7H15N3OS/c1-5-2-3-6(11-5)4-12-7(8)10-9/h5-6H,2-4,9H2,1H3,(H2,8,10). The molecule has 12 heavy (non-hydrogen) atoms. The molecule has 0 radical (unpaired) electrons. The summed E-state index contributed by atoms with van der Waals surface area (Å²) in [4.78, 5) is 0. The van der Waals surface area contributed by atoms with E-state index in [1.54, 1.807) is 0 Å². The third kappa shape index (κ3) is 2.91. The maximum Gasteiger partial charge on any atom is 0.177 e. The highest BCUT2D eigenvalue weighted by atomic mass is 32.2. The SMILES string of the molecule is CC1CCC(CSC(N)=NN)O1. The minimum Gasteiger partial charge on any atom is -0.377 e. The second-order valence-electron chi connectivity index (χ2n) is 2.92. The van der Waals surface area contributed by atoms with Gasteiger partial charge in [-0.1, -0.05) is 11.8 Å². The average molecular weight is 189 g/mol. The zero-order chi connectivity index (χ0) is 8.97. The predicted molar refractivity (Wildman–Crippen MR) is 51.8 cm³/mol. The minimum absolute atomic E-state index is 0.324. The summed E-state index contributed by atoms with van der Waals surface area (Å²) in [6, 6.07) is 0. The number of rotatable bonds is 2. The van der Waals surface area contributed by atoms with Crippen LogP contribution in [0.3, 0.4) is 0 Å². The Balaban J connectivity index is 2.16. The van der Waals surface area contributed by atoms with E-state index < -0.39 is 0 Å². The number of hydrogen-bond donors (Lipinski definition) is 2. The Labute approximate surface area is 76.7 Å². The van der Waals surface area contributed by atoms with Gasteiger partial charge in [0.25, 0.3) is 0 Å². The molecule has 5 heteroatoms. The van der Waals surface area contributed by atoms with Crippen molar-refractivity contribution in [1.82, 2.24) is 0 Å². The molecule has 1 rings (SSSR count). The van der Waals surface area contributed by atoms with Gasteiger partial charge < -0.3 is 16.3 Å². The fourth-order valence-electron chi connectivity index (χ4n) is 1.22. The summed E-state index contributed by atoms with van der Waals surface area (Å²) >= 11 is 1.45. The second kappa shape index (κ2) is 4.57. The number of hydrazone groups is 1. The van der Waals surface area contributed by atoms with Gasteiger partial charge in [0, 0.05) is 5.75 Å². The van der Waals surface area contributed by atoms with Crippen LogP contribution in [0, 0.1) is 0 Å². The van der Waals surface area contributed by atoms with E-state index in [0.29, 0.717) is 17.4 Å². The highest BCUT2D eigenvalue weighted by Gasteiger charge is 2.21. The van der Waals surface area contributed by atoms with E-state index in [-0.39, 0.29) is 0 Å².